The molecule has 1 fully saturated rings. The SMILES string of the molecule is C#CCC(CCCCC)(O[Si](C)(C)C)C1CC1. The van der Waals surface area contributed by atoms with Crippen LogP contribution in [0.4, 0.5) is 0 Å². The molecule has 0 aromatic rings. The van der Waals surface area contributed by atoms with Crippen LogP contribution in [0.15, 0.2) is 0 Å². The topological polar surface area (TPSA) is 9.23 Å². The van der Waals surface area contributed by atoms with Gasteiger partial charge in [-0.2, -0.15) is 0 Å². The average Bonchev–Trinajstić information content (AvgIpc) is 2.98. The second kappa shape index (κ2) is 6.07. The molecule has 1 unspecified atom stereocenters. The first-order valence-corrected chi connectivity index (χ1v) is 10.5. The molecule has 0 aromatic heterocycles. The molecule has 0 heterocycles. The zero-order valence-electron chi connectivity index (χ0n) is 12.0. The Hall–Kier alpha value is -0.263. The van der Waals surface area contributed by atoms with Crippen LogP contribution in [0, 0.1) is 18.3 Å². The molecule has 0 N–H and O–H groups in total. The smallest absolute Gasteiger partial charge is 0.184 e. The van der Waals surface area contributed by atoms with Crippen LogP contribution in [0.1, 0.15) is 51.9 Å². The van der Waals surface area contributed by atoms with E-state index in [0.29, 0.717) is 0 Å². The van der Waals surface area contributed by atoms with Gasteiger partial charge in [-0.25, -0.2) is 0 Å². The van der Waals surface area contributed by atoms with Crippen LogP contribution in [0.5, 0.6) is 0 Å². The van der Waals surface area contributed by atoms with Crippen molar-refractivity contribution in [3.05, 3.63) is 0 Å². The summed E-state index contributed by atoms with van der Waals surface area (Å²) in [5, 5.41) is 0. The van der Waals surface area contributed by atoms with Gasteiger partial charge in [-0.1, -0.05) is 26.2 Å². The van der Waals surface area contributed by atoms with Gasteiger partial charge in [0.25, 0.3) is 0 Å². The summed E-state index contributed by atoms with van der Waals surface area (Å²) in [5.41, 5.74) is 0.0222. The lowest BCUT2D eigenvalue weighted by atomic mass is 9.88. The van der Waals surface area contributed by atoms with Crippen LogP contribution in [0.3, 0.4) is 0 Å². The van der Waals surface area contributed by atoms with Crippen molar-refractivity contribution in [2.75, 3.05) is 0 Å². The summed E-state index contributed by atoms with van der Waals surface area (Å²) in [7, 11) is -1.51. The van der Waals surface area contributed by atoms with E-state index in [1.54, 1.807) is 0 Å². The predicted octanol–water partition coefficient (Wildman–Crippen LogP) is 4.59. The van der Waals surface area contributed by atoms with E-state index in [1.807, 2.05) is 0 Å². The van der Waals surface area contributed by atoms with Crippen LogP contribution in [-0.4, -0.2) is 13.9 Å². The van der Waals surface area contributed by atoms with Gasteiger partial charge in [-0.3, -0.25) is 0 Å². The molecule has 2 heteroatoms. The van der Waals surface area contributed by atoms with E-state index < -0.39 is 8.32 Å². The second-order valence-electron chi connectivity index (χ2n) is 6.39. The van der Waals surface area contributed by atoms with Crippen molar-refractivity contribution in [1.29, 1.82) is 0 Å². The number of unbranched alkanes of at least 4 members (excludes halogenated alkanes) is 2. The predicted molar refractivity (Wildman–Crippen MR) is 77.5 cm³/mol. The third-order valence-corrected chi connectivity index (χ3v) is 4.45. The summed E-state index contributed by atoms with van der Waals surface area (Å²) < 4.78 is 6.53. The Morgan fingerprint density at radius 2 is 1.94 bits per heavy atom. The standard InChI is InChI=1S/C15H28OSi/c1-6-8-9-13-15(12-7-2,14-10-11-14)16-17(3,4)5/h2,14H,6,8-13H2,1,3-5H3. The lowest BCUT2D eigenvalue weighted by Crippen LogP contribution is -2.44. The molecule has 0 radical (unpaired) electrons. The fraction of sp³-hybridized carbons (Fsp3) is 0.867. The fourth-order valence-electron chi connectivity index (χ4n) is 2.67. The van der Waals surface area contributed by atoms with E-state index in [9.17, 15) is 0 Å². The van der Waals surface area contributed by atoms with Gasteiger partial charge in [0.05, 0.1) is 5.60 Å². The van der Waals surface area contributed by atoms with E-state index in [4.69, 9.17) is 10.8 Å². The second-order valence-corrected chi connectivity index (χ2v) is 10.8. The Balaban J connectivity index is 2.69. The molecule has 1 saturated carbocycles. The quantitative estimate of drug-likeness (QED) is 0.349. The minimum atomic E-state index is -1.51. The monoisotopic (exact) mass is 252 g/mol. The molecule has 0 aromatic carbocycles. The van der Waals surface area contributed by atoms with E-state index in [1.165, 1.54) is 38.5 Å². The number of rotatable bonds is 8. The number of hydrogen-bond acceptors (Lipinski definition) is 1. The molecule has 1 atom stereocenters. The Kier molecular flexibility index (Phi) is 5.28. The molecular weight excluding hydrogens is 224 g/mol. The summed E-state index contributed by atoms with van der Waals surface area (Å²) in [6, 6.07) is 0. The first kappa shape index (κ1) is 14.8. The molecule has 0 saturated heterocycles. The zero-order chi connectivity index (χ0) is 12.9. The van der Waals surface area contributed by atoms with Crippen molar-refractivity contribution in [1.82, 2.24) is 0 Å². The van der Waals surface area contributed by atoms with Gasteiger partial charge in [0.1, 0.15) is 0 Å². The maximum absolute atomic E-state index is 6.53. The minimum absolute atomic E-state index is 0.0222. The van der Waals surface area contributed by atoms with Gasteiger partial charge >= 0.3 is 0 Å². The third kappa shape index (κ3) is 4.85. The summed E-state index contributed by atoms with van der Waals surface area (Å²) >= 11 is 0. The van der Waals surface area contributed by atoms with Crippen LogP contribution in [0.2, 0.25) is 19.6 Å². The maximum Gasteiger partial charge on any atom is 0.184 e. The normalized spacial score (nSPS) is 19.7. The summed E-state index contributed by atoms with van der Waals surface area (Å²) in [6.45, 7) is 9.08. The molecule has 1 aliphatic carbocycles. The molecular formula is C15H28OSi. The van der Waals surface area contributed by atoms with Gasteiger partial charge in [0.2, 0.25) is 0 Å². The fourth-order valence-corrected chi connectivity index (χ4v) is 4.23. The van der Waals surface area contributed by atoms with Crippen LogP contribution in [0.25, 0.3) is 0 Å². The largest absolute Gasteiger partial charge is 0.411 e. The molecule has 0 spiro atoms. The van der Waals surface area contributed by atoms with Gasteiger partial charge < -0.3 is 4.43 Å². The molecule has 17 heavy (non-hydrogen) atoms. The number of terminal acetylenes is 1. The Labute approximate surface area is 108 Å². The maximum atomic E-state index is 6.53. The van der Waals surface area contributed by atoms with Crippen molar-refractivity contribution in [2.45, 2.75) is 77.1 Å². The van der Waals surface area contributed by atoms with Gasteiger partial charge in [0.15, 0.2) is 8.32 Å². The van der Waals surface area contributed by atoms with Crippen molar-refractivity contribution >= 4 is 8.32 Å². The molecule has 0 bridgehead atoms. The Bertz CT molecular complexity index is 270. The average molecular weight is 252 g/mol. The molecule has 1 aliphatic rings. The van der Waals surface area contributed by atoms with Gasteiger partial charge in [-0.15, -0.1) is 12.3 Å². The highest BCUT2D eigenvalue weighted by Crippen LogP contribution is 2.48. The highest BCUT2D eigenvalue weighted by molar-refractivity contribution is 6.69. The highest BCUT2D eigenvalue weighted by atomic mass is 28.4. The van der Waals surface area contributed by atoms with Crippen LogP contribution >= 0.6 is 0 Å². The Morgan fingerprint density at radius 1 is 1.29 bits per heavy atom. The van der Waals surface area contributed by atoms with Crippen molar-refractivity contribution in [3.63, 3.8) is 0 Å². The molecule has 0 aliphatic heterocycles. The zero-order valence-corrected chi connectivity index (χ0v) is 13.0. The first-order chi connectivity index (χ1) is 7.93. The van der Waals surface area contributed by atoms with Crippen LogP contribution in [-0.2, 0) is 4.43 Å². The van der Waals surface area contributed by atoms with Gasteiger partial charge in [0, 0.05) is 6.42 Å². The van der Waals surface area contributed by atoms with E-state index in [0.717, 1.165) is 12.3 Å². The van der Waals surface area contributed by atoms with E-state index in [2.05, 4.69) is 32.5 Å². The molecule has 1 nitrogen and oxygen atoms in total. The lowest BCUT2D eigenvalue weighted by Gasteiger charge is -2.39. The Morgan fingerprint density at radius 3 is 2.35 bits per heavy atom. The summed E-state index contributed by atoms with van der Waals surface area (Å²) in [4.78, 5) is 0. The minimum Gasteiger partial charge on any atom is -0.411 e. The van der Waals surface area contributed by atoms with Crippen molar-refractivity contribution < 1.29 is 4.43 Å². The van der Waals surface area contributed by atoms with Gasteiger partial charge in [-0.05, 0) is 44.8 Å². The summed E-state index contributed by atoms with van der Waals surface area (Å²) in [6.07, 6.45) is 14.0. The van der Waals surface area contributed by atoms with E-state index >= 15 is 0 Å². The molecule has 98 valence electrons. The van der Waals surface area contributed by atoms with Crippen LogP contribution < -0.4 is 0 Å². The van der Waals surface area contributed by atoms with Crippen molar-refractivity contribution in [2.24, 2.45) is 5.92 Å². The first-order valence-electron chi connectivity index (χ1n) is 7.07. The third-order valence-electron chi connectivity index (χ3n) is 3.44. The van der Waals surface area contributed by atoms with E-state index in [-0.39, 0.29) is 5.60 Å². The number of hydrogen-bond donors (Lipinski definition) is 0. The van der Waals surface area contributed by atoms with Crippen molar-refractivity contribution in [3.8, 4) is 12.3 Å². The molecule has 0 amide bonds. The lowest BCUT2D eigenvalue weighted by molar-refractivity contribution is 0.0308. The summed E-state index contributed by atoms with van der Waals surface area (Å²) in [5.74, 6) is 3.61. The molecule has 1 rings (SSSR count). The highest BCUT2D eigenvalue weighted by Gasteiger charge is 2.47.